The van der Waals surface area contributed by atoms with E-state index in [1.807, 2.05) is 5.32 Å². The molecule has 0 saturated carbocycles. The molecule has 0 aliphatic heterocycles. The first-order valence-corrected chi connectivity index (χ1v) is 5.91. The number of carboxylic acids is 2. The Balaban J connectivity index is 2.52. The number of carbonyl (C=O) groups excluding carboxylic acids is 1. The summed E-state index contributed by atoms with van der Waals surface area (Å²) in [5.41, 5.74) is 0.325. The molecule has 118 valence electrons. The second-order valence-electron chi connectivity index (χ2n) is 4.13. The standard InChI is InChI=1S/C12H12N2O8/c15-10(16)5-9(11(17)18)13-12(19)22-6-7-1-3-8(4-2-7)14(20)21/h1-4,9H,5-6H2,(H,13,19)(H,15,16)(H,17,18)/t9-/m0/s1. The van der Waals surface area contributed by atoms with Crippen LogP contribution in [0, 0.1) is 10.1 Å². The molecule has 0 spiro atoms. The molecule has 10 nitrogen and oxygen atoms in total. The lowest BCUT2D eigenvalue weighted by Crippen LogP contribution is -2.42. The topological polar surface area (TPSA) is 156 Å². The largest absolute Gasteiger partial charge is 0.481 e. The molecule has 0 radical (unpaired) electrons. The van der Waals surface area contributed by atoms with Crippen molar-refractivity contribution in [3.05, 3.63) is 39.9 Å². The molecule has 1 atom stereocenters. The average Bonchev–Trinajstić information content (AvgIpc) is 2.44. The van der Waals surface area contributed by atoms with Gasteiger partial charge in [-0.2, -0.15) is 0 Å². The van der Waals surface area contributed by atoms with Crippen LogP contribution in [0.15, 0.2) is 24.3 Å². The van der Waals surface area contributed by atoms with Crippen LogP contribution in [-0.4, -0.2) is 39.2 Å². The maximum Gasteiger partial charge on any atom is 0.408 e. The molecule has 22 heavy (non-hydrogen) atoms. The van der Waals surface area contributed by atoms with E-state index in [9.17, 15) is 24.5 Å². The fourth-order valence-electron chi connectivity index (χ4n) is 1.42. The number of hydrogen-bond donors (Lipinski definition) is 3. The number of benzene rings is 1. The molecule has 0 aromatic heterocycles. The van der Waals surface area contributed by atoms with Gasteiger partial charge in [-0.25, -0.2) is 9.59 Å². The van der Waals surface area contributed by atoms with Crippen molar-refractivity contribution >= 4 is 23.7 Å². The zero-order chi connectivity index (χ0) is 16.7. The highest BCUT2D eigenvalue weighted by Crippen LogP contribution is 2.12. The fourth-order valence-corrected chi connectivity index (χ4v) is 1.42. The molecule has 0 bridgehead atoms. The highest BCUT2D eigenvalue weighted by atomic mass is 16.6. The molecule has 1 amide bonds. The number of nitrogens with zero attached hydrogens (tertiary/aromatic N) is 1. The maximum absolute atomic E-state index is 11.4. The van der Waals surface area contributed by atoms with Gasteiger partial charge in [0.1, 0.15) is 12.6 Å². The van der Waals surface area contributed by atoms with E-state index in [0.29, 0.717) is 5.56 Å². The van der Waals surface area contributed by atoms with E-state index in [1.54, 1.807) is 0 Å². The Morgan fingerprint density at radius 1 is 1.23 bits per heavy atom. The van der Waals surface area contributed by atoms with Crippen LogP contribution in [0.3, 0.4) is 0 Å². The van der Waals surface area contributed by atoms with Crippen molar-refractivity contribution in [2.75, 3.05) is 0 Å². The lowest BCUT2D eigenvalue weighted by molar-refractivity contribution is -0.384. The average molecular weight is 312 g/mol. The number of nitrogens with one attached hydrogen (secondary N) is 1. The SMILES string of the molecule is O=C(O)C[C@H](NC(=O)OCc1ccc([N+](=O)[O-])cc1)C(=O)O. The summed E-state index contributed by atoms with van der Waals surface area (Å²) >= 11 is 0. The third kappa shape index (κ3) is 5.45. The Morgan fingerprint density at radius 3 is 2.27 bits per heavy atom. The van der Waals surface area contributed by atoms with Crippen molar-refractivity contribution in [3.63, 3.8) is 0 Å². The molecule has 1 rings (SSSR count). The van der Waals surface area contributed by atoms with Gasteiger partial charge < -0.3 is 20.3 Å². The molecular formula is C12H12N2O8. The number of aliphatic carboxylic acids is 2. The minimum atomic E-state index is -1.61. The lowest BCUT2D eigenvalue weighted by atomic mass is 10.2. The Hall–Kier alpha value is -3.17. The first-order chi connectivity index (χ1) is 10.3. The molecular weight excluding hydrogens is 300 g/mol. The second-order valence-corrected chi connectivity index (χ2v) is 4.13. The predicted molar refractivity (Wildman–Crippen MR) is 70.1 cm³/mol. The van der Waals surface area contributed by atoms with Gasteiger partial charge in [-0.05, 0) is 17.7 Å². The third-order valence-corrected chi connectivity index (χ3v) is 2.49. The summed E-state index contributed by atoms with van der Waals surface area (Å²) in [7, 11) is 0. The van der Waals surface area contributed by atoms with Gasteiger partial charge in [0.15, 0.2) is 0 Å². The van der Waals surface area contributed by atoms with Crippen molar-refractivity contribution < 1.29 is 34.3 Å². The third-order valence-electron chi connectivity index (χ3n) is 2.49. The number of alkyl carbamates (subject to hydrolysis) is 1. The van der Waals surface area contributed by atoms with Crippen LogP contribution in [0.1, 0.15) is 12.0 Å². The molecule has 1 aromatic rings. The summed E-state index contributed by atoms with van der Waals surface area (Å²) in [6.45, 7) is -0.247. The molecule has 0 unspecified atom stereocenters. The van der Waals surface area contributed by atoms with Gasteiger partial charge in [0, 0.05) is 12.1 Å². The van der Waals surface area contributed by atoms with Crippen LogP contribution < -0.4 is 5.32 Å². The summed E-state index contributed by atoms with van der Waals surface area (Å²) in [5.74, 6) is -2.89. The van der Waals surface area contributed by atoms with Crippen molar-refractivity contribution in [1.29, 1.82) is 0 Å². The second kappa shape index (κ2) is 7.57. The highest BCUT2D eigenvalue weighted by molar-refractivity contribution is 5.84. The Labute approximate surface area is 123 Å². The van der Waals surface area contributed by atoms with Gasteiger partial charge in [-0.3, -0.25) is 14.9 Å². The number of rotatable bonds is 7. The number of hydrogen-bond acceptors (Lipinski definition) is 6. The van der Waals surface area contributed by atoms with Gasteiger partial charge >= 0.3 is 18.0 Å². The smallest absolute Gasteiger partial charge is 0.408 e. The minimum absolute atomic E-state index is 0.124. The Kier molecular flexibility index (Phi) is 5.81. The predicted octanol–water partition coefficient (Wildman–Crippen LogP) is 0.749. The molecule has 10 heteroatoms. The van der Waals surface area contributed by atoms with Gasteiger partial charge in [0.25, 0.3) is 5.69 Å². The van der Waals surface area contributed by atoms with E-state index < -0.39 is 35.4 Å². The van der Waals surface area contributed by atoms with Gasteiger partial charge in [0.05, 0.1) is 11.3 Å². The van der Waals surface area contributed by atoms with Gasteiger partial charge in [-0.1, -0.05) is 0 Å². The zero-order valence-corrected chi connectivity index (χ0v) is 11.1. The normalized spacial score (nSPS) is 11.3. The monoisotopic (exact) mass is 312 g/mol. The van der Waals surface area contributed by atoms with E-state index >= 15 is 0 Å². The molecule has 0 aliphatic carbocycles. The van der Waals surface area contributed by atoms with Gasteiger partial charge in [0.2, 0.25) is 0 Å². The van der Waals surface area contributed by atoms with E-state index in [4.69, 9.17) is 14.9 Å². The van der Waals surface area contributed by atoms with E-state index in [1.165, 1.54) is 24.3 Å². The van der Waals surface area contributed by atoms with Gasteiger partial charge in [-0.15, -0.1) is 0 Å². The summed E-state index contributed by atoms with van der Waals surface area (Å²) in [5, 5.41) is 29.6. The Morgan fingerprint density at radius 2 is 1.82 bits per heavy atom. The summed E-state index contributed by atoms with van der Waals surface area (Å²) in [6, 6.07) is 3.58. The zero-order valence-electron chi connectivity index (χ0n) is 11.1. The summed E-state index contributed by atoms with van der Waals surface area (Å²) < 4.78 is 4.71. The quantitative estimate of drug-likeness (QED) is 0.491. The molecule has 0 heterocycles. The van der Waals surface area contributed by atoms with Crippen molar-refractivity contribution in [1.82, 2.24) is 5.32 Å². The molecule has 3 N–H and O–H groups in total. The van der Waals surface area contributed by atoms with E-state index in [0.717, 1.165) is 0 Å². The summed E-state index contributed by atoms with van der Waals surface area (Å²) in [4.78, 5) is 42.5. The minimum Gasteiger partial charge on any atom is -0.481 e. The highest BCUT2D eigenvalue weighted by Gasteiger charge is 2.23. The van der Waals surface area contributed by atoms with Crippen LogP contribution in [0.25, 0.3) is 0 Å². The van der Waals surface area contributed by atoms with Crippen molar-refractivity contribution in [2.24, 2.45) is 0 Å². The fraction of sp³-hybridized carbons (Fsp3) is 0.250. The first kappa shape index (κ1) is 16.9. The van der Waals surface area contributed by atoms with Crippen LogP contribution in [0.2, 0.25) is 0 Å². The number of non-ortho nitro benzene ring substituents is 1. The molecule has 0 aliphatic rings. The van der Waals surface area contributed by atoms with Crippen molar-refractivity contribution in [2.45, 2.75) is 19.1 Å². The van der Waals surface area contributed by atoms with E-state index in [2.05, 4.69) is 0 Å². The van der Waals surface area contributed by atoms with Crippen LogP contribution in [0.5, 0.6) is 0 Å². The molecule has 0 saturated heterocycles. The number of carboxylic acid groups (broad SMARTS) is 2. The molecule has 1 aromatic carbocycles. The van der Waals surface area contributed by atoms with E-state index in [-0.39, 0.29) is 12.3 Å². The molecule has 0 fully saturated rings. The maximum atomic E-state index is 11.4. The number of nitro benzene ring substituents is 1. The number of amides is 1. The summed E-state index contributed by atoms with van der Waals surface area (Å²) in [6.07, 6.45) is -1.89. The first-order valence-electron chi connectivity index (χ1n) is 5.91. The Bertz CT molecular complexity index is 583. The lowest BCUT2D eigenvalue weighted by Gasteiger charge is -2.12. The van der Waals surface area contributed by atoms with Crippen LogP contribution in [0.4, 0.5) is 10.5 Å². The van der Waals surface area contributed by atoms with Crippen LogP contribution in [-0.2, 0) is 20.9 Å². The number of ether oxygens (including phenoxy) is 1. The number of carbonyl (C=O) groups is 3. The van der Waals surface area contributed by atoms with Crippen molar-refractivity contribution in [3.8, 4) is 0 Å². The number of nitro groups is 1. The van der Waals surface area contributed by atoms with Crippen LogP contribution >= 0.6 is 0 Å².